The molecule has 0 aromatic heterocycles. The van der Waals surface area contributed by atoms with E-state index in [4.69, 9.17) is 5.73 Å². The van der Waals surface area contributed by atoms with Crippen molar-refractivity contribution in [3.8, 4) is 0 Å². The van der Waals surface area contributed by atoms with Crippen LogP contribution in [0.15, 0.2) is 24.3 Å². The number of rotatable bonds is 3. The van der Waals surface area contributed by atoms with Gasteiger partial charge in [-0.25, -0.2) is 0 Å². The van der Waals surface area contributed by atoms with E-state index in [0.29, 0.717) is 18.0 Å². The lowest BCUT2D eigenvalue weighted by atomic mass is 10.0. The molecule has 2 N–H and O–H groups in total. The Morgan fingerprint density at radius 1 is 1.21 bits per heavy atom. The van der Waals surface area contributed by atoms with Crippen LogP contribution in [0.25, 0.3) is 0 Å². The van der Waals surface area contributed by atoms with Crippen LogP contribution in [-0.4, -0.2) is 43.7 Å². The highest BCUT2D eigenvalue weighted by Gasteiger charge is 2.28. The summed E-state index contributed by atoms with van der Waals surface area (Å²) in [7, 11) is 2.18. The second-order valence-electron chi connectivity index (χ2n) is 6.06. The third-order valence-electron chi connectivity index (χ3n) is 4.38. The normalized spacial score (nSPS) is 25.1. The van der Waals surface area contributed by atoms with Crippen molar-refractivity contribution in [1.82, 2.24) is 4.90 Å². The van der Waals surface area contributed by atoms with Gasteiger partial charge in [-0.2, -0.15) is 0 Å². The minimum absolute atomic E-state index is 0.452. The molecular weight excluding hydrogens is 234 g/mol. The zero-order valence-electron chi connectivity index (χ0n) is 12.6. The summed E-state index contributed by atoms with van der Waals surface area (Å²) in [4.78, 5) is 4.87. The number of nitrogens with two attached hydrogens (primary N) is 1. The summed E-state index contributed by atoms with van der Waals surface area (Å²) in [6.45, 7) is 9.57. The summed E-state index contributed by atoms with van der Waals surface area (Å²) in [6, 6.07) is 10.0. The van der Waals surface area contributed by atoms with Gasteiger partial charge >= 0.3 is 0 Å². The van der Waals surface area contributed by atoms with Gasteiger partial charge in [0, 0.05) is 37.4 Å². The number of piperazine rings is 1. The van der Waals surface area contributed by atoms with Crippen LogP contribution in [0.1, 0.15) is 32.3 Å². The molecule has 0 aliphatic carbocycles. The van der Waals surface area contributed by atoms with Crippen LogP contribution in [0.5, 0.6) is 0 Å². The monoisotopic (exact) mass is 261 g/mol. The maximum absolute atomic E-state index is 5.89. The van der Waals surface area contributed by atoms with Gasteiger partial charge in [0.05, 0.1) is 0 Å². The molecule has 0 bridgehead atoms. The summed E-state index contributed by atoms with van der Waals surface area (Å²) < 4.78 is 0. The molecule has 106 valence electrons. The summed E-state index contributed by atoms with van der Waals surface area (Å²) in [6.07, 6.45) is 0. The predicted octanol–water partition coefficient (Wildman–Crippen LogP) is 2.28. The SMILES string of the molecule is CC(C)c1ccc(N2CC(C)N(C)C(CN)C2)cc1. The zero-order valence-corrected chi connectivity index (χ0v) is 12.6. The molecule has 2 rings (SSSR count). The first kappa shape index (κ1) is 14.4. The van der Waals surface area contributed by atoms with E-state index in [1.165, 1.54) is 11.3 Å². The van der Waals surface area contributed by atoms with Gasteiger partial charge in [0.25, 0.3) is 0 Å². The van der Waals surface area contributed by atoms with Crippen molar-refractivity contribution in [2.75, 3.05) is 31.6 Å². The first-order valence-electron chi connectivity index (χ1n) is 7.29. The topological polar surface area (TPSA) is 32.5 Å². The Labute approximate surface area is 117 Å². The van der Waals surface area contributed by atoms with Gasteiger partial charge in [0.2, 0.25) is 0 Å². The van der Waals surface area contributed by atoms with Crippen molar-refractivity contribution < 1.29 is 0 Å². The van der Waals surface area contributed by atoms with E-state index in [1.807, 2.05) is 0 Å². The van der Waals surface area contributed by atoms with Crippen LogP contribution >= 0.6 is 0 Å². The Morgan fingerprint density at radius 3 is 2.37 bits per heavy atom. The van der Waals surface area contributed by atoms with Gasteiger partial charge in [0.1, 0.15) is 0 Å². The molecular formula is C16H27N3. The Hall–Kier alpha value is -1.06. The van der Waals surface area contributed by atoms with Crippen LogP contribution in [0.4, 0.5) is 5.69 Å². The summed E-state index contributed by atoms with van der Waals surface area (Å²) in [5, 5.41) is 0. The molecule has 19 heavy (non-hydrogen) atoms. The molecule has 1 aromatic carbocycles. The highest BCUT2D eigenvalue weighted by Crippen LogP contribution is 2.23. The van der Waals surface area contributed by atoms with Gasteiger partial charge in [-0.1, -0.05) is 26.0 Å². The van der Waals surface area contributed by atoms with E-state index in [1.54, 1.807) is 0 Å². The lowest BCUT2D eigenvalue weighted by Gasteiger charge is -2.44. The number of benzene rings is 1. The molecule has 0 amide bonds. The van der Waals surface area contributed by atoms with Gasteiger partial charge in [-0.05, 0) is 37.6 Å². The third-order valence-corrected chi connectivity index (χ3v) is 4.38. The average molecular weight is 261 g/mol. The smallest absolute Gasteiger partial charge is 0.0394 e. The Morgan fingerprint density at radius 2 is 1.84 bits per heavy atom. The minimum atomic E-state index is 0.452. The number of hydrogen-bond donors (Lipinski definition) is 1. The third kappa shape index (κ3) is 3.10. The van der Waals surface area contributed by atoms with Gasteiger partial charge in [0.15, 0.2) is 0 Å². The largest absolute Gasteiger partial charge is 0.368 e. The van der Waals surface area contributed by atoms with E-state index >= 15 is 0 Å². The molecule has 0 spiro atoms. The quantitative estimate of drug-likeness (QED) is 0.906. The fourth-order valence-electron chi connectivity index (χ4n) is 2.79. The summed E-state index contributed by atoms with van der Waals surface area (Å²) >= 11 is 0. The standard InChI is InChI=1S/C16H27N3/c1-12(2)14-5-7-15(8-6-14)19-10-13(3)18(4)16(9-17)11-19/h5-8,12-13,16H,9-11,17H2,1-4H3. The van der Waals surface area contributed by atoms with Crippen LogP contribution < -0.4 is 10.6 Å². The van der Waals surface area contributed by atoms with E-state index in [-0.39, 0.29) is 0 Å². The molecule has 3 heteroatoms. The van der Waals surface area contributed by atoms with Crippen molar-refractivity contribution in [2.45, 2.75) is 38.8 Å². The molecule has 1 aromatic rings. The molecule has 1 heterocycles. The molecule has 2 atom stereocenters. The zero-order chi connectivity index (χ0) is 14.0. The van der Waals surface area contributed by atoms with Crippen LogP contribution in [0.2, 0.25) is 0 Å². The lowest BCUT2D eigenvalue weighted by molar-refractivity contribution is 0.162. The van der Waals surface area contributed by atoms with Crippen molar-refractivity contribution in [3.05, 3.63) is 29.8 Å². The first-order chi connectivity index (χ1) is 9.02. The molecule has 1 aliphatic rings. The second-order valence-corrected chi connectivity index (χ2v) is 6.06. The average Bonchev–Trinajstić information content (AvgIpc) is 2.41. The minimum Gasteiger partial charge on any atom is -0.368 e. The molecule has 1 saturated heterocycles. The first-order valence-corrected chi connectivity index (χ1v) is 7.29. The Bertz CT molecular complexity index is 399. The van der Waals surface area contributed by atoms with Crippen molar-refractivity contribution in [1.29, 1.82) is 0 Å². The number of likely N-dealkylation sites (N-methyl/N-ethyl adjacent to an activating group) is 1. The summed E-state index contributed by atoms with van der Waals surface area (Å²) in [5.41, 5.74) is 8.62. The predicted molar refractivity (Wildman–Crippen MR) is 82.8 cm³/mol. The van der Waals surface area contributed by atoms with Gasteiger partial charge < -0.3 is 10.6 Å². The maximum atomic E-state index is 5.89. The van der Waals surface area contributed by atoms with E-state index in [2.05, 4.69) is 61.9 Å². The molecule has 0 saturated carbocycles. The van der Waals surface area contributed by atoms with Crippen LogP contribution in [0.3, 0.4) is 0 Å². The van der Waals surface area contributed by atoms with Crippen LogP contribution in [-0.2, 0) is 0 Å². The number of anilines is 1. The molecule has 0 radical (unpaired) electrons. The van der Waals surface area contributed by atoms with E-state index in [0.717, 1.165) is 19.6 Å². The maximum Gasteiger partial charge on any atom is 0.0394 e. The second kappa shape index (κ2) is 5.93. The fourth-order valence-corrected chi connectivity index (χ4v) is 2.79. The van der Waals surface area contributed by atoms with E-state index in [9.17, 15) is 0 Å². The van der Waals surface area contributed by atoms with Crippen molar-refractivity contribution in [2.24, 2.45) is 5.73 Å². The van der Waals surface area contributed by atoms with Crippen molar-refractivity contribution >= 4 is 5.69 Å². The highest BCUT2D eigenvalue weighted by atomic mass is 15.3. The number of nitrogens with zero attached hydrogens (tertiary/aromatic N) is 2. The number of hydrogen-bond acceptors (Lipinski definition) is 3. The fraction of sp³-hybridized carbons (Fsp3) is 0.625. The van der Waals surface area contributed by atoms with Crippen LogP contribution in [0, 0.1) is 0 Å². The summed E-state index contributed by atoms with van der Waals surface area (Å²) in [5.74, 6) is 0.595. The Balaban J connectivity index is 2.13. The lowest BCUT2D eigenvalue weighted by Crippen LogP contribution is -2.58. The van der Waals surface area contributed by atoms with Gasteiger partial charge in [-0.3, -0.25) is 4.90 Å². The molecule has 1 fully saturated rings. The Kier molecular flexibility index (Phi) is 4.48. The van der Waals surface area contributed by atoms with Gasteiger partial charge in [-0.15, -0.1) is 0 Å². The molecule has 2 unspecified atom stereocenters. The van der Waals surface area contributed by atoms with E-state index < -0.39 is 0 Å². The molecule has 3 nitrogen and oxygen atoms in total. The molecule has 1 aliphatic heterocycles. The highest BCUT2D eigenvalue weighted by molar-refractivity contribution is 5.49. The van der Waals surface area contributed by atoms with Crippen molar-refractivity contribution in [3.63, 3.8) is 0 Å².